The Bertz CT molecular complexity index is 386. The molecule has 1 aromatic carbocycles. The number of fused-ring (bicyclic) bond motifs is 1. The second-order valence-electron chi connectivity index (χ2n) is 5.58. The minimum atomic E-state index is 0.779. The van der Waals surface area contributed by atoms with Crippen LogP contribution in [-0.4, -0.2) is 19.4 Å². The molecule has 1 heterocycles. The molecule has 0 spiro atoms. The van der Waals surface area contributed by atoms with Crippen LogP contribution < -0.4 is 5.32 Å². The van der Waals surface area contributed by atoms with Crippen molar-refractivity contribution >= 4 is 6.29 Å². The molecule has 0 radical (unpaired) electrons. The molecule has 1 aromatic rings. The first-order chi connectivity index (χ1) is 8.35. The monoisotopic (exact) mass is 229 g/mol. The Morgan fingerprint density at radius 2 is 1.76 bits per heavy atom. The van der Waals surface area contributed by atoms with E-state index in [2.05, 4.69) is 17.4 Å². The Hall–Kier alpha value is -1.15. The highest BCUT2D eigenvalue weighted by Crippen LogP contribution is 2.39. The fourth-order valence-corrected chi connectivity index (χ4v) is 3.52. The highest BCUT2D eigenvalue weighted by molar-refractivity contribution is 5.74. The maximum absolute atomic E-state index is 10.6. The molecule has 0 bridgehead atoms. The Morgan fingerprint density at radius 1 is 1.12 bits per heavy atom. The third-order valence-corrected chi connectivity index (χ3v) is 4.39. The lowest BCUT2D eigenvalue weighted by atomic mass is 9.96. The molecule has 1 saturated carbocycles. The van der Waals surface area contributed by atoms with Gasteiger partial charge in [0, 0.05) is 5.56 Å². The maximum Gasteiger partial charge on any atom is 0.150 e. The van der Waals surface area contributed by atoms with Gasteiger partial charge in [-0.2, -0.15) is 0 Å². The summed E-state index contributed by atoms with van der Waals surface area (Å²) in [6.07, 6.45) is 4.86. The zero-order valence-electron chi connectivity index (χ0n) is 10.1. The van der Waals surface area contributed by atoms with E-state index in [0.29, 0.717) is 0 Å². The molecule has 2 atom stereocenters. The Balaban J connectivity index is 1.61. The van der Waals surface area contributed by atoms with Crippen molar-refractivity contribution in [2.24, 2.45) is 17.8 Å². The summed E-state index contributed by atoms with van der Waals surface area (Å²) in [7, 11) is 0. The zero-order valence-corrected chi connectivity index (χ0v) is 10.1. The number of aldehydes is 1. The minimum absolute atomic E-state index is 0.779. The first-order valence-electron chi connectivity index (χ1n) is 6.60. The maximum atomic E-state index is 10.6. The normalized spacial score (nSPS) is 31.4. The molecule has 90 valence electrons. The summed E-state index contributed by atoms with van der Waals surface area (Å²) in [6.45, 7) is 2.45. The smallest absolute Gasteiger partial charge is 0.150 e. The van der Waals surface area contributed by atoms with Gasteiger partial charge in [0.2, 0.25) is 0 Å². The van der Waals surface area contributed by atoms with Crippen molar-refractivity contribution in [2.75, 3.05) is 13.1 Å². The van der Waals surface area contributed by atoms with Gasteiger partial charge >= 0.3 is 0 Å². The summed E-state index contributed by atoms with van der Waals surface area (Å²) in [5.74, 6) is 2.71. The largest absolute Gasteiger partial charge is 0.316 e. The number of benzene rings is 1. The van der Waals surface area contributed by atoms with Gasteiger partial charge in [0.25, 0.3) is 0 Å². The third kappa shape index (κ3) is 2.27. The van der Waals surface area contributed by atoms with Crippen LogP contribution in [0.25, 0.3) is 0 Å². The van der Waals surface area contributed by atoms with Crippen LogP contribution in [0.2, 0.25) is 0 Å². The molecule has 2 fully saturated rings. The van der Waals surface area contributed by atoms with Gasteiger partial charge in [-0.05, 0) is 55.7 Å². The first-order valence-corrected chi connectivity index (χ1v) is 6.60. The van der Waals surface area contributed by atoms with E-state index in [4.69, 9.17) is 0 Å². The SMILES string of the molecule is O=Cc1ccc(CC2CC3CNCC3C2)cc1. The van der Waals surface area contributed by atoms with Crippen molar-refractivity contribution in [3.8, 4) is 0 Å². The summed E-state index contributed by atoms with van der Waals surface area (Å²) in [6, 6.07) is 8.07. The fourth-order valence-electron chi connectivity index (χ4n) is 3.52. The van der Waals surface area contributed by atoms with Crippen LogP contribution in [0.3, 0.4) is 0 Å². The average Bonchev–Trinajstić information content (AvgIpc) is 2.90. The predicted molar refractivity (Wildman–Crippen MR) is 68.1 cm³/mol. The summed E-state index contributed by atoms with van der Waals surface area (Å²) < 4.78 is 0. The molecule has 0 amide bonds. The van der Waals surface area contributed by atoms with Crippen LogP contribution in [0, 0.1) is 17.8 Å². The average molecular weight is 229 g/mol. The number of carbonyl (C=O) groups excluding carboxylic acids is 1. The van der Waals surface area contributed by atoms with Crippen LogP contribution in [0.1, 0.15) is 28.8 Å². The van der Waals surface area contributed by atoms with E-state index < -0.39 is 0 Å². The lowest BCUT2D eigenvalue weighted by Gasteiger charge is -2.11. The van der Waals surface area contributed by atoms with Crippen molar-refractivity contribution in [3.05, 3.63) is 35.4 Å². The predicted octanol–water partition coefficient (Wildman–Crippen LogP) is 2.29. The van der Waals surface area contributed by atoms with E-state index in [-0.39, 0.29) is 0 Å². The second kappa shape index (κ2) is 4.61. The Morgan fingerprint density at radius 3 is 2.35 bits per heavy atom. The second-order valence-corrected chi connectivity index (χ2v) is 5.58. The van der Waals surface area contributed by atoms with E-state index in [0.717, 1.165) is 29.6 Å². The lowest BCUT2D eigenvalue weighted by molar-refractivity contribution is 0.112. The van der Waals surface area contributed by atoms with Crippen LogP contribution in [0.15, 0.2) is 24.3 Å². The highest BCUT2D eigenvalue weighted by Gasteiger charge is 2.36. The number of nitrogens with one attached hydrogen (secondary N) is 1. The van der Waals surface area contributed by atoms with Gasteiger partial charge in [0.05, 0.1) is 0 Å². The van der Waals surface area contributed by atoms with Gasteiger partial charge in [-0.15, -0.1) is 0 Å². The van der Waals surface area contributed by atoms with Crippen molar-refractivity contribution in [3.63, 3.8) is 0 Å². The van der Waals surface area contributed by atoms with Gasteiger partial charge in [-0.3, -0.25) is 4.79 Å². The molecule has 17 heavy (non-hydrogen) atoms. The van der Waals surface area contributed by atoms with Crippen LogP contribution in [0.4, 0.5) is 0 Å². The lowest BCUT2D eigenvalue weighted by Crippen LogP contribution is -2.12. The summed E-state index contributed by atoms with van der Waals surface area (Å²) >= 11 is 0. The molecule has 2 aliphatic rings. The first kappa shape index (κ1) is 11.0. The molecule has 2 heteroatoms. The molecule has 1 aliphatic carbocycles. The van der Waals surface area contributed by atoms with Gasteiger partial charge in [0.1, 0.15) is 6.29 Å². The number of rotatable bonds is 3. The zero-order chi connectivity index (χ0) is 11.7. The van der Waals surface area contributed by atoms with Crippen LogP contribution >= 0.6 is 0 Å². The number of hydrogen-bond acceptors (Lipinski definition) is 2. The van der Waals surface area contributed by atoms with Crippen molar-refractivity contribution < 1.29 is 4.79 Å². The van der Waals surface area contributed by atoms with Crippen molar-refractivity contribution in [1.29, 1.82) is 0 Å². The highest BCUT2D eigenvalue weighted by atomic mass is 16.1. The molecule has 2 unspecified atom stereocenters. The molecule has 1 N–H and O–H groups in total. The number of hydrogen-bond donors (Lipinski definition) is 1. The van der Waals surface area contributed by atoms with E-state index in [1.165, 1.54) is 37.9 Å². The molecular weight excluding hydrogens is 210 g/mol. The standard InChI is InChI=1S/C15H19NO/c17-10-12-3-1-11(2-4-12)5-13-6-14-8-16-9-15(14)7-13/h1-4,10,13-16H,5-9H2. The molecule has 3 rings (SSSR count). The Kier molecular flexibility index (Phi) is 2.98. The molecule has 2 nitrogen and oxygen atoms in total. The van der Waals surface area contributed by atoms with E-state index >= 15 is 0 Å². The van der Waals surface area contributed by atoms with Crippen molar-refractivity contribution in [1.82, 2.24) is 5.32 Å². The van der Waals surface area contributed by atoms with Gasteiger partial charge < -0.3 is 5.32 Å². The van der Waals surface area contributed by atoms with Gasteiger partial charge in [0.15, 0.2) is 0 Å². The third-order valence-electron chi connectivity index (χ3n) is 4.39. The quantitative estimate of drug-likeness (QED) is 0.806. The fraction of sp³-hybridized carbons (Fsp3) is 0.533. The molecule has 1 saturated heterocycles. The van der Waals surface area contributed by atoms with Crippen molar-refractivity contribution in [2.45, 2.75) is 19.3 Å². The van der Waals surface area contributed by atoms with Crippen LogP contribution in [-0.2, 0) is 6.42 Å². The summed E-state index contributed by atoms with van der Waals surface area (Å²) in [5, 5.41) is 3.48. The minimum Gasteiger partial charge on any atom is -0.316 e. The molecule has 0 aromatic heterocycles. The van der Waals surface area contributed by atoms with Gasteiger partial charge in [-0.25, -0.2) is 0 Å². The molecular formula is C15H19NO. The molecule has 1 aliphatic heterocycles. The topological polar surface area (TPSA) is 29.1 Å². The summed E-state index contributed by atoms with van der Waals surface area (Å²) in [4.78, 5) is 10.6. The number of carbonyl (C=O) groups is 1. The Labute approximate surface area is 102 Å². The summed E-state index contributed by atoms with van der Waals surface area (Å²) in [5.41, 5.74) is 2.16. The van der Waals surface area contributed by atoms with E-state index in [1.807, 2.05) is 12.1 Å². The van der Waals surface area contributed by atoms with Crippen LogP contribution in [0.5, 0.6) is 0 Å². The van der Waals surface area contributed by atoms with E-state index in [1.54, 1.807) is 0 Å². The van der Waals surface area contributed by atoms with Gasteiger partial charge in [-0.1, -0.05) is 24.3 Å². The van der Waals surface area contributed by atoms with E-state index in [9.17, 15) is 4.79 Å².